The van der Waals surface area contributed by atoms with Crippen LogP contribution in [0.1, 0.15) is 44.1 Å². The number of nitrogens with one attached hydrogen (secondary N) is 1. The minimum Gasteiger partial charge on any atom is -0.353 e. The smallest absolute Gasteiger partial charge is 0.223 e. The molecule has 1 saturated heterocycles. The second-order valence-electron chi connectivity index (χ2n) is 8.35. The third kappa shape index (κ3) is 4.40. The molecular formula is C20H27BrN2O3S. The Morgan fingerprint density at radius 1 is 1.15 bits per heavy atom. The SMILES string of the molecule is O=C(N[C@H]1C[C@H]2CC[C@H]1C2)C1CCN(S(=O)(=O)Cc2cccc(Br)c2)CC1. The molecule has 3 atom stereocenters. The molecular weight excluding hydrogens is 428 g/mol. The van der Waals surface area contributed by atoms with Crippen LogP contribution < -0.4 is 5.32 Å². The summed E-state index contributed by atoms with van der Waals surface area (Å²) in [7, 11) is -3.35. The van der Waals surface area contributed by atoms with Crippen molar-refractivity contribution in [2.75, 3.05) is 13.1 Å². The first-order valence-corrected chi connectivity index (χ1v) is 12.3. The van der Waals surface area contributed by atoms with Crippen LogP contribution >= 0.6 is 15.9 Å². The van der Waals surface area contributed by atoms with Crippen molar-refractivity contribution in [1.29, 1.82) is 0 Å². The van der Waals surface area contributed by atoms with Gasteiger partial charge in [-0.05, 0) is 61.6 Å². The predicted molar refractivity (Wildman–Crippen MR) is 108 cm³/mol. The fourth-order valence-electron chi connectivity index (χ4n) is 5.05. The van der Waals surface area contributed by atoms with E-state index in [9.17, 15) is 13.2 Å². The number of hydrogen-bond acceptors (Lipinski definition) is 3. The zero-order valence-electron chi connectivity index (χ0n) is 15.4. The van der Waals surface area contributed by atoms with Crippen molar-refractivity contribution in [2.24, 2.45) is 17.8 Å². The van der Waals surface area contributed by atoms with E-state index in [0.717, 1.165) is 22.4 Å². The van der Waals surface area contributed by atoms with Gasteiger partial charge in [0, 0.05) is 29.5 Å². The summed E-state index contributed by atoms with van der Waals surface area (Å²) in [5, 5.41) is 3.27. The maximum atomic E-state index is 12.7. The van der Waals surface area contributed by atoms with Crippen LogP contribution in [0.25, 0.3) is 0 Å². The molecule has 2 aliphatic carbocycles. The summed E-state index contributed by atoms with van der Waals surface area (Å²) < 4.78 is 27.9. The van der Waals surface area contributed by atoms with Crippen LogP contribution in [0.3, 0.4) is 0 Å². The van der Waals surface area contributed by atoms with Crippen molar-refractivity contribution in [3.8, 4) is 0 Å². The van der Waals surface area contributed by atoms with Crippen LogP contribution in [0.5, 0.6) is 0 Å². The Labute approximate surface area is 170 Å². The number of rotatable bonds is 5. The Kier molecular flexibility index (Phi) is 5.63. The molecule has 1 aromatic rings. The molecule has 0 radical (unpaired) electrons. The predicted octanol–water partition coefficient (Wildman–Crippen LogP) is 3.30. The number of piperidine rings is 1. The highest BCUT2D eigenvalue weighted by Gasteiger charge is 2.41. The highest BCUT2D eigenvalue weighted by Crippen LogP contribution is 2.44. The van der Waals surface area contributed by atoms with Crippen LogP contribution in [0.15, 0.2) is 28.7 Å². The van der Waals surface area contributed by atoms with E-state index < -0.39 is 10.0 Å². The maximum Gasteiger partial charge on any atom is 0.223 e. The maximum absolute atomic E-state index is 12.7. The molecule has 0 unspecified atom stereocenters. The summed E-state index contributed by atoms with van der Waals surface area (Å²) in [4.78, 5) is 12.6. The van der Waals surface area contributed by atoms with Crippen molar-refractivity contribution >= 4 is 31.9 Å². The summed E-state index contributed by atoms with van der Waals surface area (Å²) in [6.45, 7) is 0.871. The topological polar surface area (TPSA) is 66.5 Å². The van der Waals surface area contributed by atoms with Gasteiger partial charge in [0.1, 0.15) is 0 Å². The van der Waals surface area contributed by atoms with Gasteiger partial charge in [0.05, 0.1) is 5.75 Å². The molecule has 2 bridgehead atoms. The largest absolute Gasteiger partial charge is 0.353 e. The third-order valence-electron chi connectivity index (χ3n) is 6.52. The second kappa shape index (κ2) is 7.84. The van der Waals surface area contributed by atoms with Gasteiger partial charge in [-0.25, -0.2) is 12.7 Å². The van der Waals surface area contributed by atoms with Crippen molar-refractivity contribution in [1.82, 2.24) is 9.62 Å². The van der Waals surface area contributed by atoms with Gasteiger partial charge in [-0.3, -0.25) is 4.79 Å². The average Bonchev–Trinajstić information content (AvgIpc) is 3.24. The fourth-order valence-corrected chi connectivity index (χ4v) is 7.04. The van der Waals surface area contributed by atoms with E-state index in [4.69, 9.17) is 0 Å². The molecule has 3 aliphatic rings. The highest BCUT2D eigenvalue weighted by molar-refractivity contribution is 9.10. The molecule has 3 fully saturated rings. The normalized spacial score (nSPS) is 29.1. The third-order valence-corrected chi connectivity index (χ3v) is 8.87. The number of fused-ring (bicyclic) bond motifs is 2. The molecule has 7 heteroatoms. The summed E-state index contributed by atoms with van der Waals surface area (Å²) in [6.07, 6.45) is 6.22. The Bertz CT molecular complexity index is 805. The van der Waals surface area contributed by atoms with Crippen molar-refractivity contribution in [2.45, 2.75) is 50.3 Å². The van der Waals surface area contributed by atoms with Gasteiger partial charge in [0.25, 0.3) is 0 Å². The molecule has 148 valence electrons. The minimum absolute atomic E-state index is 0.00838. The van der Waals surface area contributed by atoms with E-state index >= 15 is 0 Å². The molecule has 1 aromatic carbocycles. The van der Waals surface area contributed by atoms with Crippen LogP contribution in [-0.2, 0) is 20.6 Å². The molecule has 1 N–H and O–H groups in total. The Hall–Kier alpha value is -0.920. The first-order valence-electron chi connectivity index (χ1n) is 9.93. The average molecular weight is 455 g/mol. The van der Waals surface area contributed by atoms with Crippen molar-refractivity contribution in [3.05, 3.63) is 34.3 Å². The lowest BCUT2D eigenvalue weighted by atomic mass is 9.93. The molecule has 0 spiro atoms. The summed E-state index contributed by atoms with van der Waals surface area (Å²) in [5.74, 6) is 1.57. The van der Waals surface area contributed by atoms with E-state index in [-0.39, 0.29) is 17.6 Å². The first kappa shape index (κ1) is 19.4. The van der Waals surface area contributed by atoms with Crippen molar-refractivity contribution < 1.29 is 13.2 Å². The van der Waals surface area contributed by atoms with Crippen LogP contribution in [-0.4, -0.2) is 37.8 Å². The molecule has 1 heterocycles. The Morgan fingerprint density at radius 2 is 1.93 bits per heavy atom. The fraction of sp³-hybridized carbons (Fsp3) is 0.650. The lowest BCUT2D eigenvalue weighted by molar-refractivity contribution is -0.127. The molecule has 5 nitrogen and oxygen atoms in total. The minimum atomic E-state index is -3.35. The van der Waals surface area contributed by atoms with Gasteiger partial charge in [-0.15, -0.1) is 0 Å². The van der Waals surface area contributed by atoms with Gasteiger partial charge >= 0.3 is 0 Å². The van der Waals surface area contributed by atoms with Gasteiger partial charge in [-0.2, -0.15) is 0 Å². The number of sulfonamides is 1. The molecule has 2 saturated carbocycles. The van der Waals surface area contributed by atoms with Crippen LogP contribution in [0.4, 0.5) is 0 Å². The second-order valence-corrected chi connectivity index (χ2v) is 11.2. The lowest BCUT2D eigenvalue weighted by Gasteiger charge is -2.32. The molecule has 27 heavy (non-hydrogen) atoms. The number of benzene rings is 1. The van der Waals surface area contributed by atoms with E-state index in [1.807, 2.05) is 24.3 Å². The Morgan fingerprint density at radius 3 is 2.56 bits per heavy atom. The number of nitrogens with zero attached hydrogens (tertiary/aromatic N) is 1. The van der Waals surface area contributed by atoms with E-state index in [0.29, 0.717) is 37.9 Å². The summed E-state index contributed by atoms with van der Waals surface area (Å²) in [5.41, 5.74) is 0.778. The molecule has 4 rings (SSSR count). The zero-order valence-corrected chi connectivity index (χ0v) is 17.8. The van der Waals surface area contributed by atoms with E-state index in [2.05, 4.69) is 21.2 Å². The monoisotopic (exact) mass is 454 g/mol. The summed E-state index contributed by atoms with van der Waals surface area (Å²) >= 11 is 3.38. The number of amides is 1. The van der Waals surface area contributed by atoms with Gasteiger partial charge in [0.2, 0.25) is 15.9 Å². The zero-order chi connectivity index (χ0) is 19.0. The highest BCUT2D eigenvalue weighted by atomic mass is 79.9. The first-order chi connectivity index (χ1) is 12.9. The van der Waals surface area contributed by atoms with Crippen LogP contribution in [0.2, 0.25) is 0 Å². The quantitative estimate of drug-likeness (QED) is 0.741. The number of halogens is 1. The molecule has 1 aliphatic heterocycles. The Balaban J connectivity index is 1.29. The standard InChI is InChI=1S/C20H27BrN2O3S/c21-18-3-1-2-15(11-18)13-27(25,26)23-8-6-16(7-9-23)20(24)22-19-12-14-4-5-17(19)10-14/h1-3,11,14,16-17,19H,4-10,12-13H2,(H,22,24)/t14-,17-,19-/m0/s1. The molecule has 1 amide bonds. The van der Waals surface area contributed by atoms with E-state index in [1.54, 1.807) is 4.31 Å². The molecule has 0 aromatic heterocycles. The van der Waals surface area contributed by atoms with Gasteiger partial charge in [-0.1, -0.05) is 34.5 Å². The van der Waals surface area contributed by atoms with E-state index in [1.165, 1.54) is 19.3 Å². The lowest BCUT2D eigenvalue weighted by Crippen LogP contribution is -2.46. The number of carbonyl (C=O) groups excluding carboxylic acids is 1. The number of hydrogen-bond donors (Lipinski definition) is 1. The van der Waals surface area contributed by atoms with Gasteiger partial charge in [0.15, 0.2) is 0 Å². The summed E-state index contributed by atoms with van der Waals surface area (Å²) in [6, 6.07) is 7.76. The van der Waals surface area contributed by atoms with Crippen LogP contribution in [0, 0.1) is 17.8 Å². The number of carbonyl (C=O) groups is 1. The van der Waals surface area contributed by atoms with Crippen molar-refractivity contribution in [3.63, 3.8) is 0 Å². The van der Waals surface area contributed by atoms with Gasteiger partial charge < -0.3 is 5.32 Å².